The van der Waals surface area contributed by atoms with Gasteiger partial charge in [-0.2, -0.15) is 17.0 Å². The number of hydrogen-bond acceptors (Lipinski definition) is 5. The molecule has 2 aromatic rings. The lowest BCUT2D eigenvalue weighted by atomic mass is 9.91. The number of rotatable bonds is 7. The van der Waals surface area contributed by atoms with Crippen molar-refractivity contribution in [2.45, 2.75) is 31.8 Å². The summed E-state index contributed by atoms with van der Waals surface area (Å²) in [5, 5.41) is 0. The first-order chi connectivity index (χ1) is 14.9. The van der Waals surface area contributed by atoms with E-state index in [9.17, 15) is 13.2 Å². The highest BCUT2D eigenvalue weighted by atomic mass is 32.2. The summed E-state index contributed by atoms with van der Waals surface area (Å²) in [5.74, 6) is -0.412. The number of nitrogens with zero attached hydrogens (tertiary/aromatic N) is 2. The third-order valence-electron chi connectivity index (χ3n) is 6.61. The molecule has 8 heteroatoms. The van der Waals surface area contributed by atoms with Crippen molar-refractivity contribution in [1.82, 2.24) is 13.5 Å². The smallest absolute Gasteiger partial charge is 0.375 e. The Morgan fingerprint density at radius 3 is 2.26 bits per heavy atom. The van der Waals surface area contributed by atoms with Crippen LogP contribution in [0, 0.1) is 0 Å². The number of carbonyl (C=O) groups is 1. The van der Waals surface area contributed by atoms with Crippen LogP contribution in [0.5, 0.6) is 0 Å². The Hall–Kier alpha value is -2.26. The predicted molar refractivity (Wildman–Crippen MR) is 121 cm³/mol. The van der Waals surface area contributed by atoms with Crippen LogP contribution in [-0.2, 0) is 21.5 Å². The molecule has 7 nitrogen and oxygen atoms in total. The van der Waals surface area contributed by atoms with Crippen molar-refractivity contribution in [2.24, 2.45) is 0 Å². The van der Waals surface area contributed by atoms with Gasteiger partial charge in [0, 0.05) is 37.8 Å². The molecule has 31 heavy (non-hydrogen) atoms. The summed E-state index contributed by atoms with van der Waals surface area (Å²) in [4.78, 5) is 14.1. The van der Waals surface area contributed by atoms with Crippen molar-refractivity contribution < 1.29 is 17.9 Å². The predicted octanol–water partition coefficient (Wildman–Crippen LogP) is 2.68. The molecule has 1 aliphatic heterocycles. The van der Waals surface area contributed by atoms with Gasteiger partial charge >= 0.3 is 16.2 Å². The van der Waals surface area contributed by atoms with E-state index in [0.29, 0.717) is 24.7 Å². The van der Waals surface area contributed by atoms with Gasteiger partial charge < -0.3 is 4.74 Å². The van der Waals surface area contributed by atoms with Gasteiger partial charge in [-0.25, -0.2) is 4.79 Å². The largest absolute Gasteiger partial charge is 0.465 e. The third-order valence-corrected chi connectivity index (χ3v) is 8.61. The number of ether oxygens (including phenoxy) is 1. The van der Waals surface area contributed by atoms with E-state index in [0.717, 1.165) is 24.3 Å². The van der Waals surface area contributed by atoms with Crippen molar-refractivity contribution in [1.29, 1.82) is 0 Å². The SMILES string of the molecule is COC(=O)c1ccc(CNS(=O)(=O)[N+]2(c3ccccc3)CCN(C3CCC3)CC2)cc1. The third kappa shape index (κ3) is 4.39. The number of piperazine rings is 1. The topological polar surface area (TPSA) is 75.7 Å². The molecule has 0 amide bonds. The molecule has 0 aromatic heterocycles. The molecule has 0 radical (unpaired) electrons. The van der Waals surface area contributed by atoms with Crippen LogP contribution in [0.3, 0.4) is 0 Å². The Balaban J connectivity index is 1.52. The fourth-order valence-electron chi connectivity index (χ4n) is 4.43. The fourth-order valence-corrected chi connectivity index (χ4v) is 6.07. The Labute approximate surface area is 184 Å². The van der Waals surface area contributed by atoms with Crippen LogP contribution in [-0.4, -0.2) is 58.6 Å². The summed E-state index contributed by atoms with van der Waals surface area (Å²) in [6.07, 6.45) is 3.71. The summed E-state index contributed by atoms with van der Waals surface area (Å²) >= 11 is 0. The molecule has 2 aromatic carbocycles. The molecule has 2 aliphatic rings. The van der Waals surface area contributed by atoms with Crippen molar-refractivity contribution in [3.05, 3.63) is 65.7 Å². The van der Waals surface area contributed by atoms with Gasteiger partial charge in [0.15, 0.2) is 0 Å². The van der Waals surface area contributed by atoms with Gasteiger partial charge in [0.1, 0.15) is 18.8 Å². The van der Waals surface area contributed by atoms with Gasteiger partial charge in [-0.15, -0.1) is 0 Å². The van der Waals surface area contributed by atoms with E-state index in [2.05, 4.69) is 9.62 Å². The quantitative estimate of drug-likeness (QED) is 0.525. The number of benzene rings is 2. The fraction of sp³-hybridized carbons (Fsp3) is 0.435. The molecule has 1 saturated heterocycles. The lowest BCUT2D eigenvalue weighted by Crippen LogP contribution is -2.67. The molecule has 0 bridgehead atoms. The second kappa shape index (κ2) is 9.08. The summed E-state index contributed by atoms with van der Waals surface area (Å²) < 4.78 is 34.7. The van der Waals surface area contributed by atoms with E-state index < -0.39 is 16.2 Å². The Kier molecular flexibility index (Phi) is 6.43. The van der Waals surface area contributed by atoms with Crippen LogP contribution in [0.4, 0.5) is 5.69 Å². The molecule has 1 N–H and O–H groups in total. The molecule has 0 unspecified atom stereocenters. The normalized spacial score (nSPS) is 19.5. The van der Waals surface area contributed by atoms with Crippen molar-refractivity contribution in [3.63, 3.8) is 0 Å². The average molecular weight is 445 g/mol. The van der Waals surface area contributed by atoms with E-state index in [-0.39, 0.29) is 10.4 Å². The summed E-state index contributed by atoms with van der Waals surface area (Å²) in [6, 6.07) is 16.9. The molecule has 0 spiro atoms. The lowest BCUT2D eigenvalue weighted by molar-refractivity contribution is 0.0600. The first-order valence-corrected chi connectivity index (χ1v) is 12.2. The van der Waals surface area contributed by atoms with Crippen LogP contribution in [0.25, 0.3) is 0 Å². The van der Waals surface area contributed by atoms with E-state index in [1.54, 1.807) is 24.3 Å². The standard InChI is InChI=1S/C23H30N3O4S/c1-30-23(27)20-12-10-19(11-13-20)18-24-31(28,29)26(22-8-3-2-4-9-22)16-14-25(15-17-26)21-6-5-7-21/h2-4,8-13,21,24H,5-7,14-18H2,1H3/q+1. The molecule has 1 aliphatic carbocycles. The molecule has 1 saturated carbocycles. The minimum Gasteiger partial charge on any atom is -0.465 e. The zero-order valence-corrected chi connectivity index (χ0v) is 18.7. The minimum absolute atomic E-state index is 0.0860. The zero-order valence-electron chi connectivity index (χ0n) is 17.9. The molecule has 4 rings (SSSR count). The maximum Gasteiger partial charge on any atom is 0.375 e. The maximum absolute atomic E-state index is 13.6. The van der Waals surface area contributed by atoms with Crippen molar-refractivity contribution >= 4 is 21.9 Å². The number of methoxy groups -OCH3 is 1. The number of nitrogens with one attached hydrogen (secondary N) is 1. The monoisotopic (exact) mass is 444 g/mol. The van der Waals surface area contributed by atoms with Gasteiger partial charge in [0.2, 0.25) is 0 Å². The molecule has 166 valence electrons. The zero-order chi connectivity index (χ0) is 21.9. The number of esters is 1. The summed E-state index contributed by atoms with van der Waals surface area (Å²) in [7, 11) is -2.36. The summed E-state index contributed by atoms with van der Waals surface area (Å²) in [6.45, 7) is 2.76. The molecule has 2 fully saturated rings. The molecule has 0 atom stereocenters. The second-order valence-electron chi connectivity index (χ2n) is 8.28. The lowest BCUT2D eigenvalue weighted by Gasteiger charge is -2.46. The van der Waals surface area contributed by atoms with E-state index in [1.807, 2.05) is 30.3 Å². The number of hydrogen-bond donors (Lipinski definition) is 1. The van der Waals surface area contributed by atoms with Crippen LogP contribution < -0.4 is 8.61 Å². The van der Waals surface area contributed by atoms with Crippen LogP contribution in [0.2, 0.25) is 0 Å². The average Bonchev–Trinajstić information content (AvgIpc) is 2.77. The van der Waals surface area contributed by atoms with E-state index in [4.69, 9.17) is 4.74 Å². The molecular weight excluding hydrogens is 414 g/mol. The Morgan fingerprint density at radius 1 is 1.06 bits per heavy atom. The first-order valence-electron chi connectivity index (χ1n) is 10.8. The van der Waals surface area contributed by atoms with Crippen LogP contribution in [0.1, 0.15) is 35.2 Å². The highest BCUT2D eigenvalue weighted by molar-refractivity contribution is 7.89. The highest BCUT2D eigenvalue weighted by Gasteiger charge is 2.47. The Morgan fingerprint density at radius 2 is 1.71 bits per heavy atom. The van der Waals surface area contributed by atoms with Gasteiger partial charge in [0.25, 0.3) is 0 Å². The van der Waals surface area contributed by atoms with Crippen molar-refractivity contribution in [3.8, 4) is 0 Å². The minimum atomic E-state index is -3.70. The van der Waals surface area contributed by atoms with Crippen LogP contribution >= 0.6 is 0 Å². The number of para-hydroxylation sites is 1. The molecular formula is C23H30N3O4S+. The van der Waals surface area contributed by atoms with Crippen molar-refractivity contribution in [2.75, 3.05) is 33.3 Å². The Bertz CT molecular complexity index is 997. The van der Waals surface area contributed by atoms with Crippen LogP contribution in [0.15, 0.2) is 54.6 Å². The number of carbonyl (C=O) groups excluding carboxylic acids is 1. The number of quaternary nitrogens is 1. The van der Waals surface area contributed by atoms with Gasteiger partial charge in [0.05, 0.1) is 12.7 Å². The van der Waals surface area contributed by atoms with Gasteiger partial charge in [-0.05, 0) is 30.5 Å². The van der Waals surface area contributed by atoms with Gasteiger partial charge in [-0.1, -0.05) is 36.8 Å². The van der Waals surface area contributed by atoms with E-state index >= 15 is 0 Å². The second-order valence-corrected chi connectivity index (χ2v) is 10.2. The first kappa shape index (κ1) is 22.0. The van der Waals surface area contributed by atoms with Gasteiger partial charge in [-0.3, -0.25) is 4.90 Å². The van der Waals surface area contributed by atoms with E-state index in [1.165, 1.54) is 26.4 Å². The molecule has 1 heterocycles. The highest BCUT2D eigenvalue weighted by Crippen LogP contribution is 2.32. The maximum atomic E-state index is 13.6. The summed E-state index contributed by atoms with van der Waals surface area (Å²) in [5.41, 5.74) is 2.02.